The molecule has 3 rings (SSSR count). The zero-order chi connectivity index (χ0) is 15.3. The summed E-state index contributed by atoms with van der Waals surface area (Å²) >= 11 is 3.36. The van der Waals surface area contributed by atoms with E-state index in [1.54, 1.807) is 6.07 Å². The van der Waals surface area contributed by atoms with E-state index in [1.165, 1.54) is 12.8 Å². The second kappa shape index (κ2) is 5.33. The molecule has 0 aliphatic heterocycles. The van der Waals surface area contributed by atoms with Crippen LogP contribution in [-0.4, -0.2) is 20.5 Å². The van der Waals surface area contributed by atoms with Crippen molar-refractivity contribution in [1.82, 2.24) is 10.0 Å². The van der Waals surface area contributed by atoms with Crippen molar-refractivity contribution in [3.05, 3.63) is 28.2 Å². The van der Waals surface area contributed by atoms with Crippen molar-refractivity contribution >= 4 is 26.0 Å². The highest BCUT2D eigenvalue weighted by atomic mass is 79.9. The molecule has 1 atom stereocenters. The van der Waals surface area contributed by atoms with Crippen LogP contribution in [0.2, 0.25) is 0 Å². The highest BCUT2D eigenvalue weighted by Gasteiger charge is 2.48. The number of nitrogens with one attached hydrogen (secondary N) is 2. The van der Waals surface area contributed by atoms with Crippen LogP contribution >= 0.6 is 15.9 Å². The smallest absolute Gasteiger partial charge is 0.241 e. The average Bonchev–Trinajstić information content (AvgIpc) is 3.28. The zero-order valence-electron chi connectivity index (χ0n) is 12.3. The van der Waals surface area contributed by atoms with Crippen molar-refractivity contribution in [1.29, 1.82) is 0 Å². The molecule has 0 aromatic heterocycles. The van der Waals surface area contributed by atoms with Gasteiger partial charge in [0, 0.05) is 23.1 Å². The van der Waals surface area contributed by atoms with Crippen molar-refractivity contribution in [3.8, 4) is 0 Å². The number of rotatable bonds is 6. The van der Waals surface area contributed by atoms with E-state index in [0.29, 0.717) is 15.4 Å². The van der Waals surface area contributed by atoms with E-state index in [1.807, 2.05) is 12.1 Å². The molecule has 0 bridgehead atoms. The Morgan fingerprint density at radius 1 is 1.33 bits per heavy atom. The number of sulfonamides is 1. The number of benzene rings is 1. The maximum atomic E-state index is 12.5. The Kier molecular flexibility index (Phi) is 3.93. The van der Waals surface area contributed by atoms with Gasteiger partial charge in [-0.3, -0.25) is 0 Å². The molecule has 2 aliphatic rings. The summed E-state index contributed by atoms with van der Waals surface area (Å²) in [6, 6.07) is 6.19. The van der Waals surface area contributed by atoms with Crippen LogP contribution in [0, 0.1) is 5.41 Å². The first-order valence-electron chi connectivity index (χ1n) is 7.32. The van der Waals surface area contributed by atoms with Gasteiger partial charge < -0.3 is 5.32 Å². The molecule has 0 amide bonds. The monoisotopic (exact) mass is 372 g/mol. The van der Waals surface area contributed by atoms with Gasteiger partial charge in [0.05, 0.1) is 4.90 Å². The Balaban J connectivity index is 1.77. The molecule has 4 nitrogen and oxygen atoms in total. The van der Waals surface area contributed by atoms with Crippen molar-refractivity contribution < 1.29 is 8.42 Å². The standard InChI is InChI=1S/C15H21BrN2O2S/c1-15(2)8-14(15)18-21(19,20)13-7-10(3-6-12(13)16)9-17-11-4-5-11/h3,6-7,11,14,17-18H,4-5,8-9H2,1-2H3. The third kappa shape index (κ3) is 3.67. The Morgan fingerprint density at radius 3 is 2.57 bits per heavy atom. The average molecular weight is 373 g/mol. The maximum Gasteiger partial charge on any atom is 0.241 e. The van der Waals surface area contributed by atoms with Crippen LogP contribution in [0.3, 0.4) is 0 Å². The molecule has 116 valence electrons. The second-order valence-electron chi connectivity index (χ2n) is 6.79. The summed E-state index contributed by atoms with van der Waals surface area (Å²) in [6.45, 7) is 4.87. The minimum atomic E-state index is -3.47. The predicted octanol–water partition coefficient (Wildman–Crippen LogP) is 2.78. The summed E-state index contributed by atoms with van der Waals surface area (Å²) < 4.78 is 28.5. The van der Waals surface area contributed by atoms with Gasteiger partial charge >= 0.3 is 0 Å². The van der Waals surface area contributed by atoms with Crippen LogP contribution in [0.1, 0.15) is 38.7 Å². The predicted molar refractivity (Wildman–Crippen MR) is 86.5 cm³/mol. The molecule has 0 radical (unpaired) electrons. The topological polar surface area (TPSA) is 58.2 Å². The normalized spacial score (nSPS) is 24.0. The lowest BCUT2D eigenvalue weighted by molar-refractivity contribution is 0.554. The molecule has 1 aromatic rings. The Labute approximate surface area is 134 Å². The van der Waals surface area contributed by atoms with E-state index >= 15 is 0 Å². The SMILES string of the molecule is CC1(C)CC1NS(=O)(=O)c1cc(CNC2CC2)ccc1Br. The minimum absolute atomic E-state index is 0.0441. The molecule has 2 fully saturated rings. The molecule has 2 saturated carbocycles. The third-order valence-corrected chi connectivity index (χ3v) is 6.73. The van der Waals surface area contributed by atoms with Crippen LogP contribution in [-0.2, 0) is 16.6 Å². The quantitative estimate of drug-likeness (QED) is 0.806. The van der Waals surface area contributed by atoms with E-state index in [4.69, 9.17) is 0 Å². The highest BCUT2D eigenvalue weighted by Crippen LogP contribution is 2.45. The largest absolute Gasteiger partial charge is 0.310 e. The van der Waals surface area contributed by atoms with Gasteiger partial charge in [-0.25, -0.2) is 13.1 Å². The van der Waals surface area contributed by atoms with Crippen molar-refractivity contribution in [2.45, 2.75) is 56.6 Å². The second-order valence-corrected chi connectivity index (χ2v) is 9.32. The fourth-order valence-electron chi connectivity index (χ4n) is 2.33. The molecule has 21 heavy (non-hydrogen) atoms. The zero-order valence-corrected chi connectivity index (χ0v) is 14.7. The summed E-state index contributed by atoms with van der Waals surface area (Å²) in [4.78, 5) is 0.334. The molecule has 6 heteroatoms. The van der Waals surface area contributed by atoms with Crippen LogP contribution < -0.4 is 10.0 Å². The van der Waals surface area contributed by atoms with E-state index in [0.717, 1.165) is 18.5 Å². The maximum absolute atomic E-state index is 12.5. The fourth-order valence-corrected chi connectivity index (χ4v) is 4.75. The molecule has 2 aliphatic carbocycles. The van der Waals surface area contributed by atoms with Gasteiger partial charge in [0.25, 0.3) is 0 Å². The number of hydrogen-bond acceptors (Lipinski definition) is 3. The van der Waals surface area contributed by atoms with Crippen LogP contribution in [0.25, 0.3) is 0 Å². The van der Waals surface area contributed by atoms with Gasteiger partial charge in [-0.2, -0.15) is 0 Å². The summed E-state index contributed by atoms with van der Waals surface area (Å²) in [5.41, 5.74) is 1.07. The van der Waals surface area contributed by atoms with E-state index in [2.05, 4.69) is 39.8 Å². The molecule has 1 unspecified atom stereocenters. The van der Waals surface area contributed by atoms with Crippen LogP contribution in [0.5, 0.6) is 0 Å². The first-order valence-corrected chi connectivity index (χ1v) is 9.60. The molecule has 0 saturated heterocycles. The molecule has 1 aromatic carbocycles. The van der Waals surface area contributed by atoms with E-state index < -0.39 is 10.0 Å². The summed E-state index contributed by atoms with van der Waals surface area (Å²) in [5.74, 6) is 0. The van der Waals surface area contributed by atoms with Gasteiger partial charge in [-0.15, -0.1) is 0 Å². The summed E-state index contributed by atoms with van der Waals surface area (Å²) in [6.07, 6.45) is 3.34. The Bertz CT molecular complexity index is 654. The first-order chi connectivity index (χ1) is 9.78. The first kappa shape index (κ1) is 15.5. The van der Waals surface area contributed by atoms with Gasteiger partial charge in [0.2, 0.25) is 10.0 Å². The minimum Gasteiger partial charge on any atom is -0.310 e. The highest BCUT2D eigenvalue weighted by molar-refractivity contribution is 9.10. The van der Waals surface area contributed by atoms with Crippen molar-refractivity contribution in [2.24, 2.45) is 5.41 Å². The van der Waals surface area contributed by atoms with Crippen LogP contribution in [0.15, 0.2) is 27.6 Å². The van der Waals surface area contributed by atoms with Crippen molar-refractivity contribution in [3.63, 3.8) is 0 Å². The van der Waals surface area contributed by atoms with Gasteiger partial charge in [0.15, 0.2) is 0 Å². The van der Waals surface area contributed by atoms with Gasteiger partial charge in [-0.1, -0.05) is 19.9 Å². The molecular weight excluding hydrogens is 352 g/mol. The summed E-state index contributed by atoms with van der Waals surface area (Å²) in [5, 5.41) is 3.41. The summed E-state index contributed by atoms with van der Waals surface area (Å²) in [7, 11) is -3.47. The molecule has 0 spiro atoms. The van der Waals surface area contributed by atoms with E-state index in [-0.39, 0.29) is 11.5 Å². The number of hydrogen-bond donors (Lipinski definition) is 2. The van der Waals surface area contributed by atoms with Crippen LogP contribution in [0.4, 0.5) is 0 Å². The molecule has 2 N–H and O–H groups in total. The Morgan fingerprint density at radius 2 is 2.00 bits per heavy atom. The lowest BCUT2D eigenvalue weighted by Crippen LogP contribution is -2.29. The fraction of sp³-hybridized carbons (Fsp3) is 0.600. The Hall–Kier alpha value is -0.430. The van der Waals surface area contributed by atoms with E-state index in [9.17, 15) is 8.42 Å². The van der Waals surface area contributed by atoms with Gasteiger partial charge in [0.1, 0.15) is 0 Å². The van der Waals surface area contributed by atoms with Gasteiger partial charge in [-0.05, 0) is 58.3 Å². The van der Waals surface area contributed by atoms with Crippen molar-refractivity contribution in [2.75, 3.05) is 0 Å². The lowest BCUT2D eigenvalue weighted by atomic mass is 10.2. The molecular formula is C15H21BrN2O2S. The molecule has 0 heterocycles. The number of halogens is 1. The lowest BCUT2D eigenvalue weighted by Gasteiger charge is -2.12. The third-order valence-electron chi connectivity index (χ3n) is 4.27.